The highest BCUT2D eigenvalue weighted by atomic mass is 35.5. The van der Waals surface area contributed by atoms with Crippen LogP contribution in [0.15, 0.2) is 59.5 Å². The summed E-state index contributed by atoms with van der Waals surface area (Å²) in [6, 6.07) is 14.4. The van der Waals surface area contributed by atoms with Crippen LogP contribution in [-0.4, -0.2) is 21.2 Å². The number of rotatable bonds is 5. The van der Waals surface area contributed by atoms with Gasteiger partial charge in [-0.15, -0.1) is 0 Å². The molecule has 1 fully saturated rings. The average Bonchev–Trinajstić information content (AvgIpc) is 2.73. The molecule has 1 aliphatic carbocycles. The number of carbonyl (C=O) groups is 1. The minimum Gasteiger partial charge on any atom is -0.388 e. The molecule has 2 aromatic carbocycles. The van der Waals surface area contributed by atoms with Crippen LogP contribution in [0.2, 0.25) is 5.02 Å². The van der Waals surface area contributed by atoms with Crippen LogP contribution in [-0.2, 0) is 17.8 Å². The first-order valence-corrected chi connectivity index (χ1v) is 10.7. The molecule has 1 saturated carbocycles. The van der Waals surface area contributed by atoms with Gasteiger partial charge in [-0.05, 0) is 42.7 Å². The molecule has 5 nitrogen and oxygen atoms in total. The topological polar surface area (TPSA) is 71.3 Å². The Kier molecular flexibility index (Phi) is 5.93. The van der Waals surface area contributed by atoms with E-state index in [4.69, 9.17) is 11.6 Å². The highest BCUT2D eigenvalue weighted by Crippen LogP contribution is 2.29. The number of nitrogens with one attached hydrogen (secondary N) is 1. The molecule has 4 rings (SSSR count). The van der Waals surface area contributed by atoms with Gasteiger partial charge in [0.15, 0.2) is 0 Å². The van der Waals surface area contributed by atoms with E-state index in [1.165, 1.54) is 0 Å². The molecule has 0 aliphatic heterocycles. The van der Waals surface area contributed by atoms with Crippen molar-refractivity contribution in [2.45, 2.75) is 50.7 Å². The van der Waals surface area contributed by atoms with E-state index in [9.17, 15) is 14.7 Å². The second-order valence-electron chi connectivity index (χ2n) is 8.12. The second-order valence-corrected chi connectivity index (χ2v) is 8.52. The van der Waals surface area contributed by atoms with E-state index >= 15 is 0 Å². The summed E-state index contributed by atoms with van der Waals surface area (Å²) in [4.78, 5) is 25.6. The summed E-state index contributed by atoms with van der Waals surface area (Å²) >= 11 is 6.15. The molecule has 1 heterocycles. The van der Waals surface area contributed by atoms with Crippen molar-refractivity contribution in [2.24, 2.45) is 0 Å². The van der Waals surface area contributed by atoms with E-state index in [0.717, 1.165) is 37.7 Å². The van der Waals surface area contributed by atoms with Gasteiger partial charge in [-0.1, -0.05) is 55.1 Å². The first-order chi connectivity index (χ1) is 14.5. The molecule has 0 saturated heterocycles. The predicted octanol–water partition coefficient (Wildman–Crippen LogP) is 4.53. The van der Waals surface area contributed by atoms with Gasteiger partial charge in [-0.25, -0.2) is 0 Å². The molecule has 156 valence electrons. The Morgan fingerprint density at radius 3 is 2.57 bits per heavy atom. The van der Waals surface area contributed by atoms with Crippen LogP contribution in [0.3, 0.4) is 0 Å². The maximum Gasteiger partial charge on any atom is 0.258 e. The number of hydrogen-bond acceptors (Lipinski definition) is 3. The van der Waals surface area contributed by atoms with Crippen molar-refractivity contribution in [3.05, 3.63) is 75.7 Å². The van der Waals surface area contributed by atoms with Crippen LogP contribution < -0.4 is 10.9 Å². The molecule has 30 heavy (non-hydrogen) atoms. The molecular formula is C24H25ClN2O3. The number of anilines is 1. The third-order valence-corrected chi connectivity index (χ3v) is 6.22. The van der Waals surface area contributed by atoms with E-state index < -0.39 is 5.60 Å². The van der Waals surface area contributed by atoms with Crippen LogP contribution in [0.1, 0.15) is 37.7 Å². The van der Waals surface area contributed by atoms with Crippen molar-refractivity contribution in [3.63, 3.8) is 0 Å². The summed E-state index contributed by atoms with van der Waals surface area (Å²) in [6.07, 6.45) is 6.40. The Morgan fingerprint density at radius 1 is 1.03 bits per heavy atom. The Morgan fingerprint density at radius 2 is 1.80 bits per heavy atom. The van der Waals surface area contributed by atoms with Crippen molar-refractivity contribution < 1.29 is 9.90 Å². The van der Waals surface area contributed by atoms with Gasteiger partial charge in [0.05, 0.1) is 18.6 Å². The quantitative estimate of drug-likeness (QED) is 0.632. The third-order valence-electron chi connectivity index (χ3n) is 5.85. The van der Waals surface area contributed by atoms with Crippen molar-refractivity contribution in [2.75, 3.05) is 5.32 Å². The molecular weight excluding hydrogens is 400 g/mol. The fraction of sp³-hybridized carbons (Fsp3) is 0.333. The molecule has 2 N–H and O–H groups in total. The van der Waals surface area contributed by atoms with Gasteiger partial charge in [0.25, 0.3) is 5.56 Å². The van der Waals surface area contributed by atoms with Crippen molar-refractivity contribution in [3.8, 4) is 0 Å². The predicted molar refractivity (Wildman–Crippen MR) is 120 cm³/mol. The molecule has 0 spiro atoms. The largest absolute Gasteiger partial charge is 0.388 e. The Bertz CT molecular complexity index is 1130. The van der Waals surface area contributed by atoms with E-state index in [2.05, 4.69) is 5.32 Å². The highest BCUT2D eigenvalue weighted by Gasteiger charge is 2.30. The molecule has 0 atom stereocenters. The zero-order chi connectivity index (χ0) is 21.1. The Labute approximate surface area is 180 Å². The summed E-state index contributed by atoms with van der Waals surface area (Å²) in [5.74, 6) is -0.198. The zero-order valence-corrected chi connectivity index (χ0v) is 17.5. The smallest absolute Gasteiger partial charge is 0.258 e. The van der Waals surface area contributed by atoms with E-state index in [0.29, 0.717) is 28.0 Å². The van der Waals surface area contributed by atoms with Gasteiger partial charge < -0.3 is 15.0 Å². The van der Waals surface area contributed by atoms with Gasteiger partial charge in [0, 0.05) is 27.7 Å². The van der Waals surface area contributed by atoms with Crippen molar-refractivity contribution >= 4 is 34.0 Å². The maximum atomic E-state index is 13.0. The number of aliphatic hydroxyl groups is 1. The van der Waals surface area contributed by atoms with Crippen LogP contribution >= 0.6 is 11.6 Å². The normalized spacial score (nSPS) is 15.8. The lowest BCUT2D eigenvalue weighted by atomic mass is 9.85. The van der Waals surface area contributed by atoms with E-state index in [-0.39, 0.29) is 17.9 Å². The molecule has 1 amide bonds. The number of aromatic nitrogens is 1. The molecule has 1 aromatic heterocycles. The number of fused-ring (bicyclic) bond motifs is 1. The van der Waals surface area contributed by atoms with Crippen LogP contribution in [0.5, 0.6) is 0 Å². The molecule has 0 unspecified atom stereocenters. The molecule has 0 radical (unpaired) electrons. The minimum absolute atomic E-state index is 0.153. The number of amides is 1. The first-order valence-electron chi connectivity index (χ1n) is 10.3. The number of nitrogens with zero attached hydrogens (tertiary/aromatic N) is 1. The number of benzene rings is 2. The summed E-state index contributed by atoms with van der Waals surface area (Å²) in [7, 11) is 0. The zero-order valence-electron chi connectivity index (χ0n) is 16.7. The highest BCUT2D eigenvalue weighted by molar-refractivity contribution is 6.31. The lowest BCUT2D eigenvalue weighted by molar-refractivity contribution is -0.115. The van der Waals surface area contributed by atoms with Gasteiger partial charge in [-0.3, -0.25) is 9.59 Å². The van der Waals surface area contributed by atoms with Gasteiger partial charge in [-0.2, -0.15) is 0 Å². The fourth-order valence-corrected chi connectivity index (χ4v) is 4.45. The first kappa shape index (κ1) is 20.6. The van der Waals surface area contributed by atoms with E-state index in [1.54, 1.807) is 35.0 Å². The summed E-state index contributed by atoms with van der Waals surface area (Å²) < 4.78 is 1.59. The van der Waals surface area contributed by atoms with Crippen LogP contribution in [0.25, 0.3) is 10.8 Å². The SMILES string of the molecule is O=C(Cc1ccccc1Cl)Nc1cccc2c(=O)n(CC3(O)CCCCC3)ccc12. The Hall–Kier alpha value is -2.63. The van der Waals surface area contributed by atoms with E-state index in [1.807, 2.05) is 24.3 Å². The fourth-order valence-electron chi connectivity index (χ4n) is 4.25. The van der Waals surface area contributed by atoms with Crippen molar-refractivity contribution in [1.82, 2.24) is 4.57 Å². The number of carbonyl (C=O) groups excluding carboxylic acids is 1. The maximum absolute atomic E-state index is 13.0. The number of halogens is 1. The molecule has 1 aliphatic rings. The summed E-state index contributed by atoms with van der Waals surface area (Å²) in [5.41, 5.74) is 0.357. The monoisotopic (exact) mass is 424 g/mol. The average molecular weight is 425 g/mol. The third kappa shape index (κ3) is 4.42. The van der Waals surface area contributed by atoms with Gasteiger partial charge >= 0.3 is 0 Å². The summed E-state index contributed by atoms with van der Waals surface area (Å²) in [5, 5.41) is 15.5. The van der Waals surface area contributed by atoms with Crippen LogP contribution in [0.4, 0.5) is 5.69 Å². The lowest BCUT2D eigenvalue weighted by Gasteiger charge is -2.32. The van der Waals surface area contributed by atoms with Crippen LogP contribution in [0, 0.1) is 0 Å². The summed E-state index contributed by atoms with van der Waals surface area (Å²) in [6.45, 7) is 0.296. The van der Waals surface area contributed by atoms with Gasteiger partial charge in [0.1, 0.15) is 0 Å². The molecule has 0 bridgehead atoms. The minimum atomic E-state index is -0.823. The standard InChI is InChI=1S/C24H25ClN2O3/c25-20-9-3-2-7-17(20)15-22(28)26-21-10-6-8-19-18(21)11-14-27(23(19)29)16-24(30)12-4-1-5-13-24/h2-3,6-11,14,30H,1,4-5,12-13,15-16H2,(H,26,28). The van der Waals surface area contributed by atoms with Gasteiger partial charge in [0.2, 0.25) is 5.91 Å². The molecule has 6 heteroatoms. The van der Waals surface area contributed by atoms with Crippen molar-refractivity contribution in [1.29, 1.82) is 0 Å². The lowest BCUT2D eigenvalue weighted by Crippen LogP contribution is -2.39. The molecule has 3 aromatic rings. The Balaban J connectivity index is 1.58. The number of hydrogen-bond donors (Lipinski definition) is 2. The number of pyridine rings is 1. The second kappa shape index (κ2) is 8.62.